The molecule has 1 atom stereocenters. The summed E-state index contributed by atoms with van der Waals surface area (Å²) in [5.41, 5.74) is 0. The van der Waals surface area contributed by atoms with Crippen molar-refractivity contribution in [2.24, 2.45) is 5.92 Å². The fourth-order valence-electron chi connectivity index (χ4n) is 1.46. The molecule has 1 N–H and O–H groups in total. The zero-order valence-corrected chi connectivity index (χ0v) is 13.5. The van der Waals surface area contributed by atoms with Crippen molar-refractivity contribution in [3.63, 3.8) is 0 Å². The van der Waals surface area contributed by atoms with Crippen molar-refractivity contribution in [2.75, 3.05) is 7.11 Å². The second-order valence-electron chi connectivity index (χ2n) is 4.44. The first-order valence-electron chi connectivity index (χ1n) is 5.74. The molecule has 0 unspecified atom stereocenters. The highest BCUT2D eigenvalue weighted by Gasteiger charge is 2.29. The lowest BCUT2D eigenvalue weighted by molar-refractivity contribution is -0.143. The van der Waals surface area contributed by atoms with Crippen LogP contribution in [0.25, 0.3) is 0 Å². The van der Waals surface area contributed by atoms with Gasteiger partial charge in [0.05, 0.1) is 22.1 Å². The molecule has 8 heteroatoms. The van der Waals surface area contributed by atoms with Crippen LogP contribution in [0.15, 0.2) is 23.1 Å². The van der Waals surface area contributed by atoms with Crippen LogP contribution in [-0.4, -0.2) is 27.5 Å². The molecule has 0 aromatic heterocycles. The number of hydrogen-bond acceptors (Lipinski definition) is 4. The lowest BCUT2D eigenvalue weighted by atomic mass is 10.1. The second-order valence-corrected chi connectivity index (χ2v) is 6.97. The first kappa shape index (κ1) is 17.2. The zero-order valence-electron chi connectivity index (χ0n) is 11.2. The molecule has 1 aromatic carbocycles. The molecule has 20 heavy (non-hydrogen) atoms. The second kappa shape index (κ2) is 6.76. The van der Waals surface area contributed by atoms with Crippen molar-refractivity contribution in [1.29, 1.82) is 0 Å². The minimum absolute atomic E-state index is 0.0681. The Bertz CT molecular complexity index is 601. The molecule has 0 amide bonds. The van der Waals surface area contributed by atoms with Crippen LogP contribution in [0.3, 0.4) is 0 Å². The summed E-state index contributed by atoms with van der Waals surface area (Å²) in [4.78, 5) is 11.5. The van der Waals surface area contributed by atoms with Crippen LogP contribution >= 0.6 is 23.2 Å². The monoisotopic (exact) mass is 339 g/mol. The molecular formula is C12H15Cl2NO4S. The van der Waals surface area contributed by atoms with Crippen molar-refractivity contribution in [3.05, 3.63) is 28.2 Å². The molecule has 0 aliphatic carbocycles. The van der Waals surface area contributed by atoms with E-state index in [0.29, 0.717) is 0 Å². The summed E-state index contributed by atoms with van der Waals surface area (Å²) in [6.45, 7) is 3.41. The molecule has 0 bridgehead atoms. The van der Waals surface area contributed by atoms with Crippen molar-refractivity contribution in [1.82, 2.24) is 4.72 Å². The van der Waals surface area contributed by atoms with Gasteiger partial charge in [-0.15, -0.1) is 0 Å². The molecule has 0 aliphatic heterocycles. The van der Waals surface area contributed by atoms with Crippen LogP contribution in [0.1, 0.15) is 13.8 Å². The molecule has 0 aliphatic rings. The number of benzene rings is 1. The van der Waals surface area contributed by atoms with Gasteiger partial charge < -0.3 is 4.74 Å². The van der Waals surface area contributed by atoms with Gasteiger partial charge in [0.1, 0.15) is 6.04 Å². The fourth-order valence-corrected chi connectivity index (χ4v) is 3.18. The van der Waals surface area contributed by atoms with E-state index < -0.39 is 22.0 Å². The summed E-state index contributed by atoms with van der Waals surface area (Å²) < 4.78 is 31.3. The first-order valence-corrected chi connectivity index (χ1v) is 7.98. The van der Waals surface area contributed by atoms with Crippen LogP contribution in [0.5, 0.6) is 0 Å². The van der Waals surface area contributed by atoms with E-state index in [4.69, 9.17) is 23.2 Å². The van der Waals surface area contributed by atoms with Gasteiger partial charge >= 0.3 is 5.97 Å². The molecule has 0 fully saturated rings. The minimum atomic E-state index is -3.89. The maximum absolute atomic E-state index is 12.2. The van der Waals surface area contributed by atoms with Crippen LogP contribution in [0.4, 0.5) is 0 Å². The molecule has 0 spiro atoms. The van der Waals surface area contributed by atoms with E-state index >= 15 is 0 Å². The van der Waals surface area contributed by atoms with Gasteiger partial charge in [-0.25, -0.2) is 8.42 Å². The third kappa shape index (κ3) is 4.09. The van der Waals surface area contributed by atoms with E-state index in [1.807, 2.05) is 0 Å². The predicted molar refractivity (Wildman–Crippen MR) is 77.4 cm³/mol. The smallest absolute Gasteiger partial charge is 0.324 e. The van der Waals surface area contributed by atoms with Gasteiger partial charge in [0.25, 0.3) is 0 Å². The summed E-state index contributed by atoms with van der Waals surface area (Å²) in [5.74, 6) is -0.913. The Morgan fingerprint density at radius 2 is 1.85 bits per heavy atom. The van der Waals surface area contributed by atoms with Crippen molar-refractivity contribution in [2.45, 2.75) is 24.8 Å². The van der Waals surface area contributed by atoms with Crippen LogP contribution in [0.2, 0.25) is 10.0 Å². The van der Waals surface area contributed by atoms with Gasteiger partial charge in [-0.3, -0.25) is 4.79 Å². The van der Waals surface area contributed by atoms with Crippen molar-refractivity contribution in [3.8, 4) is 0 Å². The quantitative estimate of drug-likeness (QED) is 0.836. The predicted octanol–water partition coefficient (Wildman–Crippen LogP) is 2.47. The van der Waals surface area contributed by atoms with Crippen LogP contribution in [0, 0.1) is 5.92 Å². The summed E-state index contributed by atoms with van der Waals surface area (Å²) in [5, 5.41) is 0.368. The van der Waals surface area contributed by atoms with Gasteiger partial charge in [0, 0.05) is 0 Å². The normalized spacial score (nSPS) is 13.3. The average Bonchev–Trinajstić information content (AvgIpc) is 2.38. The highest BCUT2D eigenvalue weighted by molar-refractivity contribution is 7.89. The Hall–Kier alpha value is -0.820. The Kier molecular flexibility index (Phi) is 5.82. The Morgan fingerprint density at radius 3 is 2.30 bits per heavy atom. The van der Waals surface area contributed by atoms with E-state index in [1.54, 1.807) is 13.8 Å². The van der Waals surface area contributed by atoms with E-state index in [9.17, 15) is 13.2 Å². The molecular weight excluding hydrogens is 325 g/mol. The first-order chi connectivity index (χ1) is 9.19. The number of esters is 1. The van der Waals surface area contributed by atoms with Crippen molar-refractivity contribution < 1.29 is 17.9 Å². The van der Waals surface area contributed by atoms with Crippen molar-refractivity contribution >= 4 is 39.2 Å². The Morgan fingerprint density at radius 1 is 1.25 bits per heavy atom. The van der Waals surface area contributed by atoms with Gasteiger partial charge in [0.15, 0.2) is 0 Å². The standard InChI is InChI=1S/C12H15Cl2NO4S/c1-7(2)11(12(16)19-3)15-20(17,18)8-4-5-9(13)10(14)6-8/h4-7,11,15H,1-3H3/t11-/m0/s1. The largest absolute Gasteiger partial charge is 0.468 e. The van der Waals surface area contributed by atoms with E-state index in [2.05, 4.69) is 9.46 Å². The molecule has 1 aromatic rings. The van der Waals surface area contributed by atoms with Gasteiger partial charge in [-0.1, -0.05) is 37.0 Å². The van der Waals surface area contributed by atoms with Crippen LogP contribution in [-0.2, 0) is 19.6 Å². The maximum Gasteiger partial charge on any atom is 0.324 e. The number of nitrogens with one attached hydrogen (secondary N) is 1. The molecule has 5 nitrogen and oxygen atoms in total. The minimum Gasteiger partial charge on any atom is -0.468 e. The highest BCUT2D eigenvalue weighted by Crippen LogP contribution is 2.25. The number of rotatable bonds is 5. The number of sulfonamides is 1. The number of halogens is 2. The number of methoxy groups -OCH3 is 1. The van der Waals surface area contributed by atoms with E-state index in [-0.39, 0.29) is 20.9 Å². The molecule has 0 saturated heterocycles. The van der Waals surface area contributed by atoms with Gasteiger partial charge in [-0.2, -0.15) is 4.72 Å². The summed E-state index contributed by atoms with van der Waals surface area (Å²) in [6.07, 6.45) is 0. The van der Waals surface area contributed by atoms with Gasteiger partial charge in [-0.05, 0) is 24.1 Å². The highest BCUT2D eigenvalue weighted by atomic mass is 35.5. The summed E-state index contributed by atoms with van der Waals surface area (Å²) in [6, 6.07) is 2.94. The molecule has 1 rings (SSSR count). The number of hydrogen-bond donors (Lipinski definition) is 1. The van der Waals surface area contributed by atoms with Gasteiger partial charge in [0.2, 0.25) is 10.0 Å². The third-order valence-corrected chi connectivity index (χ3v) is 4.78. The third-order valence-electron chi connectivity index (χ3n) is 2.61. The number of ether oxygens (including phenoxy) is 1. The number of carbonyl (C=O) groups is 1. The summed E-state index contributed by atoms with van der Waals surface area (Å²) in [7, 11) is -2.69. The Labute approximate surface area is 128 Å². The number of carbonyl (C=O) groups excluding carboxylic acids is 1. The van der Waals surface area contributed by atoms with E-state index in [0.717, 1.165) is 0 Å². The topological polar surface area (TPSA) is 72.5 Å². The lowest BCUT2D eigenvalue weighted by Gasteiger charge is -2.19. The zero-order chi connectivity index (χ0) is 15.5. The van der Waals surface area contributed by atoms with Crippen LogP contribution < -0.4 is 4.72 Å². The van der Waals surface area contributed by atoms with E-state index in [1.165, 1.54) is 25.3 Å². The molecule has 0 radical (unpaired) electrons. The molecule has 0 saturated carbocycles. The SMILES string of the molecule is COC(=O)[C@@H](NS(=O)(=O)c1ccc(Cl)c(Cl)c1)C(C)C. The summed E-state index contributed by atoms with van der Waals surface area (Å²) >= 11 is 11.5. The molecule has 112 valence electrons. The average molecular weight is 340 g/mol. The fraction of sp³-hybridized carbons (Fsp3) is 0.417. The maximum atomic E-state index is 12.2. The Balaban J connectivity index is 3.09. The molecule has 0 heterocycles. The lowest BCUT2D eigenvalue weighted by Crippen LogP contribution is -2.44.